The largest absolute Gasteiger partial charge is 0.466 e. The SMILES string of the molecule is CC(=O)c1cc([N+](=O)[O-])ccc1C.CC(=O)c1ccccc1C.CCOC(=O)CBr.CCOC(=O)CC(C)(C#N)c1cc([N+](=O)[O-])ccc1C.Cc1ccc(N(CCCl)CCCl)cc1C1(C)CNC(=O)C1.Cc1ccc(N)cc1C1(C)CNC(=O)C1.Cc1ccc([N+](=O)[O-])cc1C(C)Br.Cc1ccc([N+](=O)[O-])cc1C(C)C#N.Cc1ccc([N+](=O)[O-])cc1C(C)O.O=CCCl. The average Bonchev–Trinajstić information content (AvgIpc) is 1.65. The van der Waals surface area contributed by atoms with E-state index in [0.29, 0.717) is 72.6 Å². The Hall–Kier alpha value is -12.0. The molecule has 8 aromatic rings. The molecule has 31 nitrogen and oxygen atoms in total. The number of nitrogens with two attached hydrogens (primary N) is 1. The molecule has 130 heavy (non-hydrogen) atoms. The van der Waals surface area contributed by atoms with Crippen LogP contribution in [0.25, 0.3) is 0 Å². The summed E-state index contributed by atoms with van der Waals surface area (Å²) in [5.74, 6) is 0.466. The molecule has 6 atom stereocenters. The minimum Gasteiger partial charge on any atom is -0.466 e. The fourth-order valence-corrected chi connectivity index (χ4v) is 14.2. The fraction of sp³-hybridized carbons (Fsp3) is 0.394. The van der Waals surface area contributed by atoms with Gasteiger partial charge in [0.05, 0.1) is 79.7 Å². The molecule has 5 N–H and O–H groups in total. The van der Waals surface area contributed by atoms with Crippen molar-refractivity contribution in [2.24, 2.45) is 0 Å². The molecule has 700 valence electrons. The topological polar surface area (TPSA) is 475 Å². The molecule has 2 aliphatic rings. The molecule has 2 amide bonds. The highest BCUT2D eigenvalue weighted by Gasteiger charge is 2.39. The third kappa shape index (κ3) is 38.8. The lowest BCUT2D eigenvalue weighted by molar-refractivity contribution is -0.385. The van der Waals surface area contributed by atoms with Crippen LogP contribution in [0.4, 0.5) is 39.8 Å². The highest BCUT2D eigenvalue weighted by molar-refractivity contribution is 9.09. The van der Waals surface area contributed by atoms with Gasteiger partial charge in [-0.25, -0.2) is 0 Å². The van der Waals surface area contributed by atoms with E-state index < -0.39 is 37.2 Å². The molecule has 0 radical (unpaired) electrons. The summed E-state index contributed by atoms with van der Waals surface area (Å²) in [5.41, 5.74) is 20.5. The first-order valence-corrected chi connectivity index (χ1v) is 44.3. The number of ketones is 2. The van der Waals surface area contributed by atoms with Gasteiger partial charge in [-0.1, -0.05) is 112 Å². The number of amides is 2. The Morgan fingerprint density at radius 2 is 0.938 bits per heavy atom. The van der Waals surface area contributed by atoms with Gasteiger partial charge in [-0.3, -0.25) is 79.3 Å². The molecular formula is C94H114Br2Cl3N11O20. The van der Waals surface area contributed by atoms with Crippen molar-refractivity contribution >= 4 is 148 Å². The van der Waals surface area contributed by atoms with Gasteiger partial charge < -0.3 is 40.6 Å². The van der Waals surface area contributed by atoms with E-state index in [1.54, 1.807) is 91.8 Å². The first-order valence-electron chi connectivity index (χ1n) is 40.6. The summed E-state index contributed by atoms with van der Waals surface area (Å²) in [6, 6.07) is 46.5. The summed E-state index contributed by atoms with van der Waals surface area (Å²) in [5, 5.41) is 86.1. The normalized spacial score (nSPS) is 14.5. The fourth-order valence-electron chi connectivity index (χ4n) is 13.2. The maximum Gasteiger partial charge on any atom is 0.316 e. The number of non-ortho nitro benzene ring substituents is 5. The van der Waals surface area contributed by atoms with Crippen LogP contribution in [0.2, 0.25) is 0 Å². The van der Waals surface area contributed by atoms with Crippen molar-refractivity contribution in [2.45, 2.75) is 177 Å². The number of nitriles is 2. The van der Waals surface area contributed by atoms with Crippen molar-refractivity contribution in [2.75, 3.05) is 73.0 Å². The van der Waals surface area contributed by atoms with Crippen LogP contribution >= 0.6 is 66.7 Å². The standard InChI is InChI=1S/C16H22Cl2N2O.C14H16N2O4.C12H16N2O.C10H10N2O2.C9H10BrNO2.C9H11NO3.C9H9NO3.C9H10O.C4H7BrO2.C2H3ClO/c1-12-3-4-13(20(7-5-17)8-6-18)9-14(12)16(2)10-15(21)19-11-16;1-4-20-13(17)8-14(3,9-15)12-7-11(16(18)19)6-5-10(12)2;1-8-3-4-9(13)5-10(8)12(2)6-11(15)14-7-12;1-7-3-4-9(12(13)14)5-10(7)8(2)6-11;1-6-3-4-8(11(12)13)5-9(6)7(2)10;2*1-6-3-4-8(10(12)13)5-9(6)7(2)11;1-7-5-3-4-6-9(7)8(2)10;1-2-7-4(6)3-5;3-1-2-4/h3-4,9H,5-8,10-11H2,1-2H3,(H,19,21);5-7H,4,8H2,1-3H3;3-5H,6-7,13H2,1-2H3,(H,14,15);3-5,8H,1-2H3;3-5,7H,1-2H3;3-5,7,11H,1-2H3;3-5H,1-2H3;3-6H,1-2H3;2-3H2,1H3;2H,1H2. The van der Waals surface area contributed by atoms with Crippen molar-refractivity contribution < 1.29 is 72.8 Å². The summed E-state index contributed by atoms with van der Waals surface area (Å²) in [7, 11) is 0. The molecule has 6 unspecified atom stereocenters. The molecule has 2 fully saturated rings. The maximum atomic E-state index is 11.6. The van der Waals surface area contributed by atoms with E-state index in [-0.39, 0.29) is 103 Å². The van der Waals surface area contributed by atoms with Gasteiger partial charge in [0.2, 0.25) is 11.8 Å². The predicted octanol–water partition coefficient (Wildman–Crippen LogP) is 20.6. The number of carbonyl (C=O) groups is 7. The number of hydrogen-bond acceptors (Lipinski definition) is 24. The van der Waals surface area contributed by atoms with E-state index in [9.17, 15) is 89.7 Å². The number of nitro benzene ring substituents is 5. The number of nitrogens with zero attached hydrogens (tertiary/aromatic N) is 8. The van der Waals surface area contributed by atoms with Crippen molar-refractivity contribution in [3.05, 3.63) is 291 Å². The summed E-state index contributed by atoms with van der Waals surface area (Å²) in [6.45, 7) is 36.4. The lowest BCUT2D eigenvalue weighted by atomic mass is 9.78. The number of carbonyl (C=O) groups excluding carboxylic acids is 7. The van der Waals surface area contributed by atoms with Gasteiger partial charge in [-0.05, 0) is 213 Å². The van der Waals surface area contributed by atoms with Gasteiger partial charge in [-0.15, -0.1) is 34.8 Å². The number of aldehydes is 1. The first kappa shape index (κ1) is 116. The lowest BCUT2D eigenvalue weighted by Gasteiger charge is -2.28. The van der Waals surface area contributed by atoms with Crippen LogP contribution in [0.5, 0.6) is 0 Å². The number of esters is 2. The van der Waals surface area contributed by atoms with Gasteiger partial charge in [-0.2, -0.15) is 10.5 Å². The first-order chi connectivity index (χ1) is 60.9. The number of ether oxygens (including phenoxy) is 2. The van der Waals surface area contributed by atoms with Crippen LogP contribution in [-0.4, -0.2) is 134 Å². The molecule has 0 bridgehead atoms. The number of aliphatic hydroxyl groups excluding tert-OH is 1. The van der Waals surface area contributed by atoms with Crippen molar-refractivity contribution in [1.82, 2.24) is 10.6 Å². The number of nitrogens with one attached hydrogen (secondary N) is 2. The van der Waals surface area contributed by atoms with E-state index in [4.69, 9.17) is 55.3 Å². The summed E-state index contributed by atoms with van der Waals surface area (Å²) >= 11 is 22.9. The van der Waals surface area contributed by atoms with E-state index in [0.717, 1.165) is 74.5 Å². The number of rotatable bonds is 24. The van der Waals surface area contributed by atoms with Gasteiger partial charge in [0.25, 0.3) is 28.4 Å². The molecule has 2 aliphatic heterocycles. The molecule has 0 aromatic heterocycles. The Kier molecular flexibility index (Phi) is 51.6. The third-order valence-corrected chi connectivity index (χ3v) is 21.6. The Morgan fingerprint density at radius 3 is 1.31 bits per heavy atom. The van der Waals surface area contributed by atoms with Gasteiger partial charge in [0.1, 0.15) is 11.6 Å². The summed E-state index contributed by atoms with van der Waals surface area (Å²) in [4.78, 5) is 128. The van der Waals surface area contributed by atoms with E-state index in [2.05, 4.69) is 110 Å². The maximum absolute atomic E-state index is 11.6. The highest BCUT2D eigenvalue weighted by Crippen LogP contribution is 2.38. The van der Waals surface area contributed by atoms with Crippen LogP contribution in [0.1, 0.15) is 204 Å². The molecule has 0 spiro atoms. The minimum atomic E-state index is -1.15. The Balaban J connectivity index is 0.000000736. The second kappa shape index (κ2) is 57.8. The van der Waals surface area contributed by atoms with Crippen LogP contribution in [0, 0.1) is 129 Å². The summed E-state index contributed by atoms with van der Waals surface area (Å²) < 4.78 is 9.36. The van der Waals surface area contributed by atoms with Gasteiger partial charge in [0, 0.05) is 150 Å². The molecule has 2 saturated heterocycles. The zero-order valence-corrected chi connectivity index (χ0v) is 81.6. The van der Waals surface area contributed by atoms with Crippen molar-refractivity contribution in [1.29, 1.82) is 10.5 Å². The van der Waals surface area contributed by atoms with E-state index in [1.807, 2.05) is 77.1 Å². The second-order valence-corrected chi connectivity index (χ2v) is 33.6. The van der Waals surface area contributed by atoms with Gasteiger partial charge in [0.15, 0.2) is 11.6 Å². The number of aryl methyl sites for hydroxylation is 8. The van der Waals surface area contributed by atoms with Crippen molar-refractivity contribution in [3.8, 4) is 12.1 Å². The minimum absolute atomic E-state index is 0.0153. The Morgan fingerprint density at radius 1 is 0.562 bits per heavy atom. The quantitative estimate of drug-likeness (QED) is 0.00830. The number of anilines is 2. The number of Topliss-reactive ketones (excluding diaryl/α,β-unsaturated/α-hetero) is 2. The molecule has 2 heterocycles. The van der Waals surface area contributed by atoms with Crippen molar-refractivity contribution in [3.63, 3.8) is 0 Å². The molecule has 0 aliphatic carbocycles. The number of halogens is 5. The predicted molar refractivity (Wildman–Crippen MR) is 514 cm³/mol. The number of hydrogen-bond donors (Lipinski definition) is 4. The average molecular weight is 1980 g/mol. The zero-order valence-electron chi connectivity index (χ0n) is 76.2. The number of nitrogen functional groups attached to an aromatic ring is 1. The van der Waals surface area contributed by atoms with Gasteiger partial charge >= 0.3 is 11.9 Å². The smallest absolute Gasteiger partial charge is 0.316 e. The molecule has 8 aromatic carbocycles. The lowest BCUT2D eigenvalue weighted by Crippen LogP contribution is -2.29. The monoisotopic (exact) mass is 1980 g/mol. The molecule has 36 heteroatoms. The number of aliphatic hydroxyl groups is 1. The van der Waals surface area contributed by atoms with Crippen LogP contribution in [0.3, 0.4) is 0 Å². The molecule has 10 rings (SSSR count). The highest BCUT2D eigenvalue weighted by atomic mass is 79.9. The zero-order chi connectivity index (χ0) is 99.3. The van der Waals surface area contributed by atoms with Crippen LogP contribution in [-0.2, 0) is 49.7 Å². The number of nitro groups is 5. The number of benzene rings is 8. The van der Waals surface area contributed by atoms with E-state index in [1.165, 1.54) is 83.8 Å². The second-order valence-electron chi connectivity index (χ2n) is 30.6. The molecule has 0 saturated carbocycles. The molecular weight excluding hydrogens is 1870 g/mol. The van der Waals surface area contributed by atoms with Crippen LogP contribution < -0.4 is 21.3 Å². The van der Waals surface area contributed by atoms with E-state index >= 15 is 0 Å². The number of alkyl halides is 5. The Bertz CT molecular complexity index is 5270. The van der Waals surface area contributed by atoms with Crippen LogP contribution in [0.15, 0.2) is 152 Å². The summed E-state index contributed by atoms with van der Waals surface area (Å²) in [6.07, 6.45) is 0.931. The third-order valence-electron chi connectivity index (χ3n) is 20.2. The Labute approximate surface area is 790 Å².